The second kappa shape index (κ2) is 3.37. The Bertz CT molecular complexity index is 413. The van der Waals surface area contributed by atoms with Gasteiger partial charge in [0.25, 0.3) is 0 Å². The highest BCUT2D eigenvalue weighted by Gasteiger charge is 2.35. The normalized spacial score (nSPS) is 30.4. The minimum atomic E-state index is -2.92. The minimum Gasteiger partial charge on any atom is -0.326 e. The van der Waals surface area contributed by atoms with Crippen molar-refractivity contribution >= 4 is 9.84 Å². The summed E-state index contributed by atoms with van der Waals surface area (Å²) in [5.41, 5.74) is 6.84. The van der Waals surface area contributed by atoms with Crippen LogP contribution in [0.25, 0.3) is 0 Å². The Hall–Kier alpha value is -0.870. The molecule has 2 rings (SSSR count). The maximum atomic E-state index is 11.3. The van der Waals surface area contributed by atoms with Crippen molar-refractivity contribution in [3.05, 3.63) is 35.9 Å². The van der Waals surface area contributed by atoms with Gasteiger partial charge in [0.2, 0.25) is 0 Å². The fourth-order valence-electron chi connectivity index (χ4n) is 1.92. The van der Waals surface area contributed by atoms with Gasteiger partial charge >= 0.3 is 0 Å². The van der Waals surface area contributed by atoms with Crippen LogP contribution in [0.1, 0.15) is 11.5 Å². The predicted molar refractivity (Wildman–Crippen MR) is 55.8 cm³/mol. The van der Waals surface area contributed by atoms with Gasteiger partial charge in [-0.25, -0.2) is 8.42 Å². The molecule has 1 aromatic carbocycles. The third kappa shape index (κ3) is 1.81. The molecule has 0 aliphatic carbocycles. The van der Waals surface area contributed by atoms with Gasteiger partial charge in [-0.1, -0.05) is 30.3 Å². The second-order valence-electron chi connectivity index (χ2n) is 3.76. The van der Waals surface area contributed by atoms with Gasteiger partial charge in [-0.05, 0) is 5.56 Å². The van der Waals surface area contributed by atoms with Crippen molar-refractivity contribution in [3.8, 4) is 0 Å². The van der Waals surface area contributed by atoms with E-state index in [9.17, 15) is 8.42 Å². The number of sulfone groups is 1. The highest BCUT2D eigenvalue weighted by molar-refractivity contribution is 7.91. The van der Waals surface area contributed by atoms with E-state index in [0.717, 1.165) is 5.56 Å². The molecular weight excluding hydrogens is 198 g/mol. The number of hydrogen-bond donors (Lipinski definition) is 1. The lowest BCUT2D eigenvalue weighted by molar-refractivity contribution is 0.601. The van der Waals surface area contributed by atoms with E-state index < -0.39 is 9.84 Å². The first-order valence-electron chi connectivity index (χ1n) is 4.59. The first-order valence-corrected chi connectivity index (χ1v) is 6.41. The molecule has 0 radical (unpaired) electrons. The monoisotopic (exact) mass is 211 g/mol. The van der Waals surface area contributed by atoms with Gasteiger partial charge in [0.15, 0.2) is 9.84 Å². The van der Waals surface area contributed by atoms with Crippen molar-refractivity contribution in [2.75, 3.05) is 11.5 Å². The van der Waals surface area contributed by atoms with E-state index in [1.165, 1.54) is 0 Å². The maximum absolute atomic E-state index is 11.3. The van der Waals surface area contributed by atoms with E-state index in [0.29, 0.717) is 0 Å². The molecule has 0 unspecified atom stereocenters. The molecule has 0 bridgehead atoms. The molecule has 14 heavy (non-hydrogen) atoms. The van der Waals surface area contributed by atoms with Crippen molar-refractivity contribution in [2.24, 2.45) is 5.73 Å². The lowest BCUT2D eigenvalue weighted by Gasteiger charge is -2.12. The van der Waals surface area contributed by atoms with Crippen LogP contribution < -0.4 is 5.73 Å². The van der Waals surface area contributed by atoms with Crippen LogP contribution in [0.4, 0.5) is 0 Å². The summed E-state index contributed by atoms with van der Waals surface area (Å²) in [4.78, 5) is 0. The average molecular weight is 211 g/mol. The Labute approximate surface area is 83.9 Å². The molecule has 1 heterocycles. The molecule has 1 fully saturated rings. The zero-order valence-electron chi connectivity index (χ0n) is 7.76. The van der Waals surface area contributed by atoms with E-state index in [4.69, 9.17) is 5.73 Å². The number of benzene rings is 1. The molecule has 0 saturated carbocycles. The summed E-state index contributed by atoms with van der Waals surface area (Å²) < 4.78 is 22.7. The molecule has 0 aromatic heterocycles. The average Bonchev–Trinajstić information content (AvgIpc) is 2.41. The summed E-state index contributed by atoms with van der Waals surface area (Å²) in [6.07, 6.45) is 0. The Kier molecular flexibility index (Phi) is 2.33. The highest BCUT2D eigenvalue weighted by atomic mass is 32.2. The van der Waals surface area contributed by atoms with Gasteiger partial charge in [0.05, 0.1) is 11.5 Å². The van der Waals surface area contributed by atoms with E-state index in [1.807, 2.05) is 30.3 Å². The van der Waals surface area contributed by atoms with Crippen molar-refractivity contribution < 1.29 is 8.42 Å². The predicted octanol–water partition coefficient (Wildman–Crippen LogP) is 0.526. The number of rotatable bonds is 1. The maximum Gasteiger partial charge on any atom is 0.152 e. The van der Waals surface area contributed by atoms with E-state index >= 15 is 0 Å². The molecule has 1 saturated heterocycles. The van der Waals surface area contributed by atoms with Crippen LogP contribution in [0.5, 0.6) is 0 Å². The summed E-state index contributed by atoms with van der Waals surface area (Å²) in [6, 6.07) is 9.36. The number of hydrogen-bond acceptors (Lipinski definition) is 3. The third-order valence-electron chi connectivity index (χ3n) is 2.62. The minimum absolute atomic E-state index is 0.0267. The zero-order chi connectivity index (χ0) is 10.2. The van der Waals surface area contributed by atoms with E-state index in [1.54, 1.807) is 0 Å². The SMILES string of the molecule is N[C@@H]1CS(=O)(=O)C[C@H]1c1ccccc1. The van der Waals surface area contributed by atoms with Crippen LogP contribution in [0, 0.1) is 0 Å². The molecular formula is C10H13NO2S. The van der Waals surface area contributed by atoms with Gasteiger partial charge < -0.3 is 5.73 Å². The fraction of sp³-hybridized carbons (Fsp3) is 0.400. The molecule has 4 heteroatoms. The molecule has 3 nitrogen and oxygen atoms in total. The summed E-state index contributed by atoms with van der Waals surface area (Å²) in [6.45, 7) is 0. The van der Waals surface area contributed by atoms with E-state index in [2.05, 4.69) is 0 Å². The molecule has 0 amide bonds. The Morgan fingerprint density at radius 2 is 1.79 bits per heavy atom. The quantitative estimate of drug-likeness (QED) is 0.737. The van der Waals surface area contributed by atoms with Crippen LogP contribution in [-0.2, 0) is 9.84 Å². The lowest BCUT2D eigenvalue weighted by Crippen LogP contribution is -2.27. The smallest absolute Gasteiger partial charge is 0.152 e. The van der Waals surface area contributed by atoms with Crippen LogP contribution in [0.2, 0.25) is 0 Å². The van der Waals surface area contributed by atoms with Gasteiger partial charge in [-0.3, -0.25) is 0 Å². The van der Waals surface area contributed by atoms with Crippen LogP contribution in [0.15, 0.2) is 30.3 Å². The summed E-state index contributed by atoms with van der Waals surface area (Å²) in [5.74, 6) is 0.284. The summed E-state index contributed by atoms with van der Waals surface area (Å²) in [7, 11) is -2.92. The van der Waals surface area contributed by atoms with Gasteiger partial charge in [0, 0.05) is 12.0 Å². The third-order valence-corrected chi connectivity index (χ3v) is 4.38. The molecule has 1 aliphatic rings. The molecule has 2 atom stereocenters. The highest BCUT2D eigenvalue weighted by Crippen LogP contribution is 2.27. The second-order valence-corrected chi connectivity index (χ2v) is 5.91. The van der Waals surface area contributed by atoms with Gasteiger partial charge in [-0.2, -0.15) is 0 Å². The summed E-state index contributed by atoms with van der Waals surface area (Å²) >= 11 is 0. The molecule has 76 valence electrons. The Morgan fingerprint density at radius 1 is 1.14 bits per heavy atom. The van der Waals surface area contributed by atoms with E-state index in [-0.39, 0.29) is 23.5 Å². The van der Waals surface area contributed by atoms with Crippen molar-refractivity contribution in [1.82, 2.24) is 0 Å². The first-order chi connectivity index (χ1) is 6.58. The topological polar surface area (TPSA) is 60.2 Å². The largest absolute Gasteiger partial charge is 0.326 e. The fourth-order valence-corrected chi connectivity index (χ4v) is 3.86. The lowest BCUT2D eigenvalue weighted by atomic mass is 9.95. The van der Waals surface area contributed by atoms with Crippen molar-refractivity contribution in [2.45, 2.75) is 12.0 Å². The Morgan fingerprint density at radius 3 is 2.29 bits per heavy atom. The molecule has 0 spiro atoms. The standard InChI is InChI=1S/C10H13NO2S/c11-10-7-14(12,13)6-9(10)8-4-2-1-3-5-8/h1-5,9-10H,6-7,11H2/t9-,10+/m0/s1. The van der Waals surface area contributed by atoms with Gasteiger partial charge in [0.1, 0.15) is 0 Å². The Balaban J connectivity index is 2.30. The van der Waals surface area contributed by atoms with Crippen molar-refractivity contribution in [3.63, 3.8) is 0 Å². The summed E-state index contributed by atoms with van der Waals surface area (Å²) in [5, 5.41) is 0. The molecule has 2 N–H and O–H groups in total. The molecule has 1 aromatic rings. The van der Waals surface area contributed by atoms with Crippen LogP contribution >= 0.6 is 0 Å². The van der Waals surface area contributed by atoms with Gasteiger partial charge in [-0.15, -0.1) is 0 Å². The van der Waals surface area contributed by atoms with Crippen molar-refractivity contribution in [1.29, 1.82) is 0 Å². The van der Waals surface area contributed by atoms with Crippen LogP contribution in [0.3, 0.4) is 0 Å². The van der Waals surface area contributed by atoms with Crippen LogP contribution in [-0.4, -0.2) is 26.0 Å². The first kappa shape index (κ1) is 9.68. The zero-order valence-corrected chi connectivity index (χ0v) is 8.57. The number of nitrogens with two attached hydrogens (primary N) is 1. The molecule has 1 aliphatic heterocycles.